The Kier molecular flexibility index (Phi) is 10.6. The van der Waals surface area contributed by atoms with E-state index in [-0.39, 0.29) is 17.9 Å². The van der Waals surface area contributed by atoms with Gasteiger partial charge < -0.3 is 20.6 Å². The highest BCUT2D eigenvalue weighted by Gasteiger charge is 2.32. The van der Waals surface area contributed by atoms with Gasteiger partial charge in [0.2, 0.25) is 11.8 Å². The monoisotopic (exact) mass is 630 g/mol. The number of pyridine rings is 1. The minimum Gasteiger partial charge on any atom is -0.481 e. The van der Waals surface area contributed by atoms with Crippen LogP contribution >= 0.6 is 0 Å². The SMILES string of the molecule is Cc1cc(C)c(-c2cc(C)c(F)c([C@H](CC(=O)O)NC(=O)[C@H](CC(C)C)C(=O)Nc3cccn4nc(CN(C)C)nc34)c2)c(C)c1. The van der Waals surface area contributed by atoms with Crippen molar-refractivity contribution in [1.82, 2.24) is 24.8 Å². The molecule has 0 aliphatic carbocycles. The zero-order chi connectivity index (χ0) is 33.9. The lowest BCUT2D eigenvalue weighted by Gasteiger charge is -2.24. The number of fused-ring (bicyclic) bond motifs is 1. The first-order chi connectivity index (χ1) is 21.6. The van der Waals surface area contributed by atoms with Crippen LogP contribution in [0.2, 0.25) is 0 Å². The standard InChI is InChI=1S/C35H43FN6O4/c1-19(2)12-26(34(45)37-27-10-9-11-42-33(27)39-29(40-42)18-41(7)8)35(46)38-28(17-30(43)44)25-16-24(15-23(6)32(25)36)31-21(4)13-20(3)14-22(31)5/h9-11,13-16,19,26,28H,12,17-18H2,1-8H3,(H,37,45)(H,38,46)(H,43,44)/t26-,28+/m1/s1. The second-order valence-corrected chi connectivity index (χ2v) is 12.8. The van der Waals surface area contributed by atoms with E-state index < -0.39 is 42.0 Å². The topological polar surface area (TPSA) is 129 Å². The van der Waals surface area contributed by atoms with Gasteiger partial charge in [-0.05, 0) is 106 Å². The van der Waals surface area contributed by atoms with Crippen LogP contribution in [0.5, 0.6) is 0 Å². The summed E-state index contributed by atoms with van der Waals surface area (Å²) in [4.78, 5) is 46.0. The molecule has 11 heteroatoms. The fourth-order valence-corrected chi connectivity index (χ4v) is 5.94. The molecule has 0 radical (unpaired) electrons. The molecule has 4 aromatic rings. The zero-order valence-corrected chi connectivity index (χ0v) is 27.7. The molecule has 2 aromatic heterocycles. The maximum absolute atomic E-state index is 15.8. The first-order valence-electron chi connectivity index (χ1n) is 15.3. The van der Waals surface area contributed by atoms with E-state index in [4.69, 9.17) is 0 Å². The summed E-state index contributed by atoms with van der Waals surface area (Å²) in [5.74, 6) is -3.76. The highest BCUT2D eigenvalue weighted by Crippen LogP contribution is 2.34. The molecular weight excluding hydrogens is 587 g/mol. The number of aromatic nitrogens is 3. The molecule has 0 bridgehead atoms. The van der Waals surface area contributed by atoms with Crippen molar-refractivity contribution in [3.8, 4) is 11.1 Å². The third-order valence-electron chi connectivity index (χ3n) is 7.78. The summed E-state index contributed by atoms with van der Waals surface area (Å²) in [5.41, 5.74) is 5.92. The average Bonchev–Trinajstić information content (AvgIpc) is 3.35. The number of rotatable bonds is 12. The molecule has 46 heavy (non-hydrogen) atoms. The van der Waals surface area contributed by atoms with Crippen LogP contribution in [0, 0.1) is 45.3 Å². The van der Waals surface area contributed by atoms with Crippen LogP contribution in [-0.4, -0.2) is 56.5 Å². The molecule has 10 nitrogen and oxygen atoms in total. The first-order valence-corrected chi connectivity index (χ1v) is 15.3. The molecule has 0 saturated carbocycles. The van der Waals surface area contributed by atoms with Crippen molar-refractivity contribution in [3.63, 3.8) is 0 Å². The van der Waals surface area contributed by atoms with Gasteiger partial charge in [0.25, 0.3) is 0 Å². The summed E-state index contributed by atoms with van der Waals surface area (Å²) in [6.45, 7) is 11.8. The summed E-state index contributed by atoms with van der Waals surface area (Å²) >= 11 is 0. The summed E-state index contributed by atoms with van der Waals surface area (Å²) < 4.78 is 17.3. The lowest BCUT2D eigenvalue weighted by atomic mass is 9.89. The molecule has 3 N–H and O–H groups in total. The Bertz CT molecular complexity index is 1760. The van der Waals surface area contributed by atoms with Crippen molar-refractivity contribution in [2.24, 2.45) is 11.8 Å². The maximum Gasteiger partial charge on any atom is 0.305 e. The highest BCUT2D eigenvalue weighted by atomic mass is 19.1. The Morgan fingerprint density at radius 2 is 1.67 bits per heavy atom. The summed E-state index contributed by atoms with van der Waals surface area (Å²) in [5, 5.41) is 19.8. The Morgan fingerprint density at radius 1 is 1.00 bits per heavy atom. The second kappa shape index (κ2) is 14.2. The van der Waals surface area contributed by atoms with Gasteiger partial charge in [-0.2, -0.15) is 0 Å². The predicted molar refractivity (Wildman–Crippen MR) is 176 cm³/mol. The normalized spacial score (nSPS) is 12.8. The quantitative estimate of drug-likeness (QED) is 0.170. The average molecular weight is 631 g/mol. The van der Waals surface area contributed by atoms with Crippen LogP contribution in [-0.2, 0) is 20.9 Å². The van der Waals surface area contributed by atoms with Crippen LogP contribution in [0.15, 0.2) is 42.6 Å². The van der Waals surface area contributed by atoms with E-state index >= 15 is 4.39 Å². The van der Waals surface area contributed by atoms with Gasteiger partial charge in [0, 0.05) is 11.8 Å². The van der Waals surface area contributed by atoms with Gasteiger partial charge in [0.05, 0.1) is 24.7 Å². The Balaban J connectivity index is 1.68. The molecule has 0 fully saturated rings. The highest BCUT2D eigenvalue weighted by molar-refractivity contribution is 6.07. The molecular formula is C35H43FN6O4. The molecule has 0 spiro atoms. The molecule has 2 heterocycles. The molecule has 4 rings (SSSR count). The molecule has 2 amide bonds. The number of carboxylic acid groups (broad SMARTS) is 1. The number of halogens is 1. The van der Waals surface area contributed by atoms with Gasteiger partial charge in [-0.25, -0.2) is 13.9 Å². The van der Waals surface area contributed by atoms with Crippen LogP contribution in [0.1, 0.15) is 66.4 Å². The van der Waals surface area contributed by atoms with Gasteiger partial charge in [-0.1, -0.05) is 31.5 Å². The largest absolute Gasteiger partial charge is 0.481 e. The molecule has 0 aliphatic rings. The number of aryl methyl sites for hydroxylation is 4. The number of aliphatic carboxylic acids is 1. The lowest BCUT2D eigenvalue weighted by Crippen LogP contribution is -2.41. The Hall–Kier alpha value is -4.64. The third-order valence-corrected chi connectivity index (χ3v) is 7.78. The number of benzene rings is 2. The number of hydrogen-bond acceptors (Lipinski definition) is 6. The minimum atomic E-state index is -1.22. The smallest absolute Gasteiger partial charge is 0.305 e. The fourth-order valence-electron chi connectivity index (χ4n) is 5.94. The van der Waals surface area contributed by atoms with E-state index in [1.54, 1.807) is 41.9 Å². The fraction of sp³-hybridized carbons (Fsp3) is 0.400. The zero-order valence-electron chi connectivity index (χ0n) is 27.7. The molecule has 2 atom stereocenters. The molecule has 244 valence electrons. The van der Waals surface area contributed by atoms with Gasteiger partial charge >= 0.3 is 5.97 Å². The van der Waals surface area contributed by atoms with Crippen molar-refractivity contribution in [2.75, 3.05) is 19.4 Å². The van der Waals surface area contributed by atoms with Crippen molar-refractivity contribution in [2.45, 2.75) is 67.0 Å². The number of anilines is 1. The number of carbonyl (C=O) groups excluding carboxylic acids is 2. The van der Waals surface area contributed by atoms with E-state index in [1.165, 1.54) is 0 Å². The second-order valence-electron chi connectivity index (χ2n) is 12.8. The number of nitrogens with zero attached hydrogens (tertiary/aromatic N) is 4. The molecule has 2 aromatic carbocycles. The van der Waals surface area contributed by atoms with Crippen molar-refractivity contribution < 1.29 is 23.9 Å². The molecule has 0 saturated heterocycles. The minimum absolute atomic E-state index is 0.0511. The van der Waals surface area contributed by atoms with Crippen molar-refractivity contribution >= 4 is 29.1 Å². The van der Waals surface area contributed by atoms with Crippen LogP contribution in [0.25, 0.3) is 16.8 Å². The molecule has 0 unspecified atom stereocenters. The first kappa shape index (κ1) is 34.2. The molecule has 0 aliphatic heterocycles. The maximum atomic E-state index is 15.8. The van der Waals surface area contributed by atoms with Crippen LogP contribution in [0.4, 0.5) is 10.1 Å². The van der Waals surface area contributed by atoms with E-state index in [9.17, 15) is 19.5 Å². The van der Waals surface area contributed by atoms with E-state index in [2.05, 4.69) is 20.7 Å². The van der Waals surface area contributed by atoms with Gasteiger partial charge in [-0.15, -0.1) is 5.10 Å². The summed E-state index contributed by atoms with van der Waals surface area (Å²) in [6, 6.07) is 9.59. The van der Waals surface area contributed by atoms with E-state index in [0.29, 0.717) is 29.3 Å². The number of hydrogen-bond donors (Lipinski definition) is 3. The van der Waals surface area contributed by atoms with Gasteiger partial charge in [-0.3, -0.25) is 14.4 Å². The third kappa shape index (κ3) is 7.95. The van der Waals surface area contributed by atoms with Gasteiger partial charge in [0.1, 0.15) is 11.7 Å². The number of nitrogens with one attached hydrogen (secondary N) is 2. The van der Waals surface area contributed by atoms with Crippen molar-refractivity contribution in [3.05, 3.63) is 82.1 Å². The number of amides is 2. The summed E-state index contributed by atoms with van der Waals surface area (Å²) in [7, 11) is 3.80. The van der Waals surface area contributed by atoms with Crippen molar-refractivity contribution in [1.29, 1.82) is 0 Å². The van der Waals surface area contributed by atoms with Crippen LogP contribution < -0.4 is 10.6 Å². The van der Waals surface area contributed by atoms with E-state index in [0.717, 1.165) is 27.8 Å². The lowest BCUT2D eigenvalue weighted by molar-refractivity contribution is -0.138. The Morgan fingerprint density at radius 3 is 2.28 bits per heavy atom. The summed E-state index contributed by atoms with van der Waals surface area (Å²) in [6.07, 6.45) is 1.33. The Labute approximate surface area is 269 Å². The predicted octanol–water partition coefficient (Wildman–Crippen LogP) is 5.76. The van der Waals surface area contributed by atoms with Crippen LogP contribution in [0.3, 0.4) is 0 Å². The number of carbonyl (C=O) groups is 3. The number of carboxylic acids is 1. The van der Waals surface area contributed by atoms with Gasteiger partial charge in [0.15, 0.2) is 11.5 Å². The van der Waals surface area contributed by atoms with E-state index in [1.807, 2.05) is 65.7 Å².